The van der Waals surface area contributed by atoms with E-state index in [9.17, 15) is 9.90 Å². The van der Waals surface area contributed by atoms with Crippen LogP contribution >= 0.6 is 11.3 Å². The Labute approximate surface area is 206 Å². The first-order chi connectivity index (χ1) is 16.9. The van der Waals surface area contributed by atoms with Crippen molar-refractivity contribution in [2.75, 3.05) is 18.4 Å². The number of aliphatic hydroxyl groups excluding tert-OH is 1. The molecule has 180 valence electrons. The van der Waals surface area contributed by atoms with Crippen LogP contribution in [0.25, 0.3) is 33.1 Å². The number of aryl methyl sites for hydroxylation is 1. The molecule has 4 heterocycles. The fourth-order valence-electron chi connectivity index (χ4n) is 3.95. The van der Waals surface area contributed by atoms with Crippen molar-refractivity contribution in [2.45, 2.75) is 32.4 Å². The molecule has 1 amide bonds. The summed E-state index contributed by atoms with van der Waals surface area (Å²) in [7, 11) is 1.89. The number of nitrogens with zero attached hydrogens (tertiary/aromatic N) is 7. The zero-order valence-corrected chi connectivity index (χ0v) is 20.5. The van der Waals surface area contributed by atoms with Crippen LogP contribution in [-0.2, 0) is 7.05 Å². The van der Waals surface area contributed by atoms with Gasteiger partial charge in [-0.05, 0) is 31.9 Å². The average molecular weight is 491 g/mol. The minimum absolute atomic E-state index is 0.123. The lowest BCUT2D eigenvalue weighted by Crippen LogP contribution is -2.29. The zero-order chi connectivity index (χ0) is 24.5. The molecule has 1 aliphatic rings. The molecule has 11 heteroatoms. The lowest BCUT2D eigenvalue weighted by molar-refractivity contribution is 0.0763. The Morgan fingerprint density at radius 1 is 1.20 bits per heavy atom. The van der Waals surface area contributed by atoms with Crippen LogP contribution in [0.1, 0.15) is 30.1 Å². The van der Waals surface area contributed by atoms with Crippen molar-refractivity contribution in [3.8, 4) is 33.1 Å². The highest BCUT2D eigenvalue weighted by Gasteiger charge is 2.28. The van der Waals surface area contributed by atoms with Gasteiger partial charge in [-0.3, -0.25) is 9.48 Å². The summed E-state index contributed by atoms with van der Waals surface area (Å²) in [5, 5.41) is 26.6. The molecule has 1 aliphatic heterocycles. The van der Waals surface area contributed by atoms with Gasteiger partial charge in [0, 0.05) is 49.7 Å². The number of likely N-dealkylation sites (tertiary alicyclic amines) is 1. The second kappa shape index (κ2) is 9.51. The van der Waals surface area contributed by atoms with Gasteiger partial charge in [-0.1, -0.05) is 29.5 Å². The lowest BCUT2D eigenvalue weighted by atomic mass is 10.1. The molecule has 3 aromatic heterocycles. The molecule has 1 saturated heterocycles. The topological polar surface area (TPSA) is 122 Å². The molecule has 4 aromatic rings. The smallest absolute Gasteiger partial charge is 0.284 e. The molecule has 0 bridgehead atoms. The molecule has 0 aliphatic carbocycles. The maximum atomic E-state index is 12.8. The van der Waals surface area contributed by atoms with Gasteiger partial charge in [-0.25, -0.2) is 9.97 Å². The molecule has 10 nitrogen and oxygen atoms in total. The summed E-state index contributed by atoms with van der Waals surface area (Å²) in [6.07, 6.45) is 5.61. The Balaban J connectivity index is 1.47. The van der Waals surface area contributed by atoms with E-state index >= 15 is 0 Å². The fourth-order valence-corrected chi connectivity index (χ4v) is 4.77. The molecule has 2 N–H and O–H groups in total. The van der Waals surface area contributed by atoms with Crippen molar-refractivity contribution >= 4 is 23.1 Å². The molecule has 0 spiro atoms. The number of benzene rings is 1. The first-order valence-corrected chi connectivity index (χ1v) is 12.2. The van der Waals surface area contributed by atoms with E-state index in [2.05, 4.69) is 25.6 Å². The maximum Gasteiger partial charge on any atom is 0.284 e. The number of rotatable bonds is 6. The normalized spacial score (nSPS) is 15.7. The van der Waals surface area contributed by atoms with Gasteiger partial charge in [0.15, 0.2) is 10.8 Å². The lowest BCUT2D eigenvalue weighted by Gasteiger charge is -2.14. The average Bonchev–Trinajstić information content (AvgIpc) is 3.60. The van der Waals surface area contributed by atoms with Crippen LogP contribution in [0.3, 0.4) is 0 Å². The van der Waals surface area contributed by atoms with Crippen LogP contribution in [0, 0.1) is 0 Å². The molecular weight excluding hydrogens is 464 g/mol. The number of anilines is 1. The highest BCUT2D eigenvalue weighted by molar-refractivity contribution is 7.16. The van der Waals surface area contributed by atoms with Gasteiger partial charge in [0.2, 0.25) is 5.01 Å². The first-order valence-electron chi connectivity index (χ1n) is 11.4. The summed E-state index contributed by atoms with van der Waals surface area (Å²) in [4.78, 5) is 23.8. The third-order valence-corrected chi connectivity index (χ3v) is 6.61. The monoisotopic (exact) mass is 490 g/mol. The number of hydrogen-bond acceptors (Lipinski definition) is 9. The number of hydrogen-bond donors (Lipinski definition) is 2. The van der Waals surface area contributed by atoms with Crippen molar-refractivity contribution < 1.29 is 9.90 Å². The highest BCUT2D eigenvalue weighted by Crippen LogP contribution is 2.32. The molecule has 0 radical (unpaired) electrons. The number of aliphatic hydroxyl groups is 1. The quantitative estimate of drug-likeness (QED) is 0.423. The Morgan fingerprint density at radius 2 is 2.03 bits per heavy atom. The van der Waals surface area contributed by atoms with Gasteiger partial charge in [0.25, 0.3) is 5.91 Å². The van der Waals surface area contributed by atoms with Gasteiger partial charge < -0.3 is 15.3 Å². The van der Waals surface area contributed by atoms with Crippen LogP contribution in [0.4, 0.5) is 5.82 Å². The van der Waals surface area contributed by atoms with Crippen molar-refractivity contribution in [3.63, 3.8) is 0 Å². The highest BCUT2D eigenvalue weighted by atomic mass is 32.1. The first kappa shape index (κ1) is 23.1. The second-order valence-electron chi connectivity index (χ2n) is 8.84. The molecule has 5 rings (SSSR count). The molecule has 1 aromatic carbocycles. The SMILES string of the molecule is CC(C)Nc1nc(-c2cccc(-c3cnn(C)c3)c2)ncc1-c1nnc(C(=O)N2CCC(O)C2)s1. The van der Waals surface area contributed by atoms with E-state index in [0.717, 1.165) is 16.7 Å². The Morgan fingerprint density at radius 3 is 2.74 bits per heavy atom. The van der Waals surface area contributed by atoms with Gasteiger partial charge in [0.05, 0.1) is 17.9 Å². The molecule has 35 heavy (non-hydrogen) atoms. The molecule has 1 unspecified atom stereocenters. The third kappa shape index (κ3) is 4.91. The van der Waals surface area contributed by atoms with Crippen LogP contribution in [0.5, 0.6) is 0 Å². The van der Waals surface area contributed by atoms with Gasteiger partial charge in [-0.2, -0.15) is 5.10 Å². The minimum Gasteiger partial charge on any atom is -0.391 e. The van der Waals surface area contributed by atoms with Gasteiger partial charge >= 0.3 is 0 Å². The van der Waals surface area contributed by atoms with E-state index in [1.807, 2.05) is 57.6 Å². The summed E-state index contributed by atoms with van der Waals surface area (Å²) in [6.45, 7) is 4.90. The number of carbonyl (C=O) groups excluding carboxylic acids is 1. The summed E-state index contributed by atoms with van der Waals surface area (Å²) in [6, 6.07) is 8.14. The number of amides is 1. The van der Waals surface area contributed by atoms with E-state index in [1.54, 1.807) is 15.8 Å². The molecular formula is C24H26N8O2S. The Bertz CT molecular complexity index is 1370. The van der Waals surface area contributed by atoms with Crippen LogP contribution in [0.15, 0.2) is 42.9 Å². The second-order valence-corrected chi connectivity index (χ2v) is 9.82. The molecule has 0 saturated carbocycles. The largest absolute Gasteiger partial charge is 0.391 e. The van der Waals surface area contributed by atoms with E-state index in [0.29, 0.717) is 41.7 Å². The van der Waals surface area contributed by atoms with Crippen LogP contribution in [-0.4, -0.2) is 71.1 Å². The standard InChI is InChI=1S/C24H26N8O2S/c1-14(2)27-21-19(22-29-30-23(35-22)24(34)32-8-7-18(33)13-32)11-25-20(28-21)16-6-4-5-15(9-16)17-10-26-31(3)12-17/h4-6,9-12,14,18,33H,7-8,13H2,1-3H3,(H,25,27,28). The van der Waals surface area contributed by atoms with E-state index in [4.69, 9.17) is 4.98 Å². The van der Waals surface area contributed by atoms with E-state index in [-0.39, 0.29) is 17.0 Å². The maximum absolute atomic E-state index is 12.8. The number of nitrogens with one attached hydrogen (secondary N) is 1. The third-order valence-electron chi connectivity index (χ3n) is 5.66. The van der Waals surface area contributed by atoms with E-state index in [1.165, 1.54) is 11.3 Å². The van der Waals surface area contributed by atoms with Gasteiger partial charge in [-0.15, -0.1) is 10.2 Å². The summed E-state index contributed by atoms with van der Waals surface area (Å²) < 4.78 is 1.77. The van der Waals surface area contributed by atoms with Crippen molar-refractivity contribution in [3.05, 3.63) is 47.9 Å². The number of β-amino-alcohol motifs (C(OH)–C–C–N with tert-alkyl or cyclic N) is 1. The summed E-state index contributed by atoms with van der Waals surface area (Å²) >= 11 is 1.20. The van der Waals surface area contributed by atoms with Crippen molar-refractivity contribution in [1.82, 2.24) is 34.8 Å². The zero-order valence-electron chi connectivity index (χ0n) is 19.7. The predicted molar refractivity (Wildman–Crippen MR) is 134 cm³/mol. The Kier molecular flexibility index (Phi) is 6.27. The Hall–Kier alpha value is -3.70. The number of aromatic nitrogens is 6. The summed E-state index contributed by atoms with van der Waals surface area (Å²) in [5.74, 6) is 0.992. The van der Waals surface area contributed by atoms with Gasteiger partial charge in [0.1, 0.15) is 5.82 Å². The van der Waals surface area contributed by atoms with Crippen molar-refractivity contribution in [2.24, 2.45) is 7.05 Å². The minimum atomic E-state index is -0.481. The molecule has 1 fully saturated rings. The number of carbonyl (C=O) groups is 1. The van der Waals surface area contributed by atoms with E-state index < -0.39 is 6.10 Å². The fraction of sp³-hybridized carbons (Fsp3) is 0.333. The van der Waals surface area contributed by atoms with Crippen LogP contribution in [0.2, 0.25) is 0 Å². The van der Waals surface area contributed by atoms with Crippen molar-refractivity contribution in [1.29, 1.82) is 0 Å². The predicted octanol–water partition coefficient (Wildman–Crippen LogP) is 3.09. The summed E-state index contributed by atoms with van der Waals surface area (Å²) in [5.41, 5.74) is 3.61. The molecule has 1 atom stereocenters. The van der Waals surface area contributed by atoms with Crippen LogP contribution < -0.4 is 5.32 Å².